The van der Waals surface area contributed by atoms with Crippen molar-refractivity contribution in [1.29, 1.82) is 0 Å². The third-order valence-corrected chi connectivity index (χ3v) is 2.84. The average Bonchev–Trinajstić information content (AvgIpc) is 2.47. The quantitative estimate of drug-likeness (QED) is 0.831. The van der Waals surface area contributed by atoms with Crippen LogP contribution in [-0.4, -0.2) is 5.11 Å². The van der Waals surface area contributed by atoms with Gasteiger partial charge in [-0.25, -0.2) is 0 Å². The molecule has 5 nitrogen and oxygen atoms in total. The molecule has 0 radical (unpaired) electrons. The van der Waals surface area contributed by atoms with Gasteiger partial charge in [-0.15, -0.1) is 4.91 Å². The third kappa shape index (κ3) is 2.71. The molecule has 0 bridgehead atoms. The van der Waals surface area contributed by atoms with Crippen LogP contribution in [0.3, 0.4) is 0 Å². The summed E-state index contributed by atoms with van der Waals surface area (Å²) in [5.74, 6) is 0. The normalized spacial score (nSPS) is 10.2. The van der Waals surface area contributed by atoms with Crippen LogP contribution >= 0.6 is 0 Å². The fraction of sp³-hybridized carbons (Fsp3) is 0.143. The zero-order valence-corrected chi connectivity index (χ0v) is 10.1. The highest BCUT2D eigenvalue weighted by atomic mass is 16.3. The van der Waals surface area contributed by atoms with E-state index in [1.54, 1.807) is 12.1 Å². The number of rotatable bonds is 5. The van der Waals surface area contributed by atoms with Crippen molar-refractivity contribution in [3.8, 4) is 11.1 Å². The first-order valence-corrected chi connectivity index (χ1v) is 5.74. The monoisotopic (exact) mass is 256 g/mol. The summed E-state index contributed by atoms with van der Waals surface area (Å²) in [6.45, 7) is -0.320. The molecule has 2 aromatic rings. The number of aliphatic hydroxyl groups is 1. The van der Waals surface area contributed by atoms with Crippen LogP contribution < -0.4 is 0 Å². The molecule has 0 spiro atoms. The Kier molecular flexibility index (Phi) is 4.10. The van der Waals surface area contributed by atoms with E-state index in [0.717, 1.165) is 5.56 Å². The van der Waals surface area contributed by atoms with Gasteiger partial charge in [-0.1, -0.05) is 35.5 Å². The Morgan fingerprint density at radius 3 is 2.37 bits per heavy atom. The van der Waals surface area contributed by atoms with E-state index in [0.29, 0.717) is 16.7 Å². The van der Waals surface area contributed by atoms with Gasteiger partial charge in [-0.2, -0.15) is 4.91 Å². The van der Waals surface area contributed by atoms with Gasteiger partial charge in [-0.3, -0.25) is 0 Å². The average molecular weight is 256 g/mol. The minimum Gasteiger partial charge on any atom is -0.392 e. The van der Waals surface area contributed by atoms with Crippen LogP contribution in [0.15, 0.2) is 52.8 Å². The van der Waals surface area contributed by atoms with E-state index in [4.69, 9.17) is 0 Å². The predicted molar refractivity (Wildman–Crippen MR) is 72.8 cm³/mol. The lowest BCUT2D eigenvalue weighted by Crippen LogP contribution is -1.92. The van der Waals surface area contributed by atoms with E-state index >= 15 is 0 Å². The Hall–Kier alpha value is -2.40. The molecule has 2 rings (SSSR count). The molecule has 0 fully saturated rings. The van der Waals surface area contributed by atoms with Gasteiger partial charge in [0.2, 0.25) is 0 Å². The number of hydrogen-bond donors (Lipinski definition) is 1. The maximum Gasteiger partial charge on any atom is 0.121 e. The number of nitroso groups, excluding NO2 is 2. The van der Waals surface area contributed by atoms with Crippen molar-refractivity contribution in [2.75, 3.05) is 0 Å². The van der Waals surface area contributed by atoms with Crippen LogP contribution in [0.1, 0.15) is 11.1 Å². The van der Waals surface area contributed by atoms with Crippen molar-refractivity contribution in [2.24, 2.45) is 10.4 Å². The van der Waals surface area contributed by atoms with Gasteiger partial charge < -0.3 is 5.11 Å². The molecule has 0 unspecified atom stereocenters. The zero-order valence-electron chi connectivity index (χ0n) is 10.1. The molecule has 19 heavy (non-hydrogen) atoms. The number of benzene rings is 2. The van der Waals surface area contributed by atoms with Gasteiger partial charge in [0.25, 0.3) is 0 Å². The molecule has 0 heterocycles. The fourth-order valence-electron chi connectivity index (χ4n) is 1.99. The standard InChI is InChI=1S/C14H12N2O3/c17-9-10-6-12(8-15-18)14(16-19)13(7-10)11-4-2-1-3-5-11/h1-7,17H,8-9H2. The van der Waals surface area contributed by atoms with Gasteiger partial charge in [0.05, 0.1) is 6.61 Å². The van der Waals surface area contributed by atoms with Crippen LogP contribution in [0.5, 0.6) is 0 Å². The molecule has 0 amide bonds. The first-order valence-electron chi connectivity index (χ1n) is 5.74. The lowest BCUT2D eigenvalue weighted by Gasteiger charge is -2.10. The molecule has 0 aliphatic heterocycles. The van der Waals surface area contributed by atoms with Crippen LogP contribution in [-0.2, 0) is 13.2 Å². The van der Waals surface area contributed by atoms with Crippen molar-refractivity contribution in [3.05, 3.63) is 63.4 Å². The van der Waals surface area contributed by atoms with E-state index in [-0.39, 0.29) is 18.8 Å². The first-order chi connectivity index (χ1) is 9.30. The molecule has 0 aliphatic rings. The van der Waals surface area contributed by atoms with Crippen LogP contribution in [0.25, 0.3) is 11.1 Å². The summed E-state index contributed by atoms with van der Waals surface area (Å²) >= 11 is 0. The summed E-state index contributed by atoms with van der Waals surface area (Å²) in [6, 6.07) is 12.5. The van der Waals surface area contributed by atoms with E-state index in [1.165, 1.54) is 0 Å². The molecule has 0 aromatic heterocycles. The Bertz CT molecular complexity index is 597. The van der Waals surface area contributed by atoms with Gasteiger partial charge >= 0.3 is 0 Å². The van der Waals surface area contributed by atoms with Crippen molar-refractivity contribution in [1.82, 2.24) is 0 Å². The highest BCUT2D eigenvalue weighted by molar-refractivity contribution is 5.78. The van der Waals surface area contributed by atoms with Crippen LogP contribution in [0.2, 0.25) is 0 Å². The Morgan fingerprint density at radius 1 is 1.05 bits per heavy atom. The largest absolute Gasteiger partial charge is 0.392 e. The van der Waals surface area contributed by atoms with E-state index in [2.05, 4.69) is 10.4 Å². The van der Waals surface area contributed by atoms with Crippen LogP contribution in [0, 0.1) is 9.81 Å². The molecule has 0 aliphatic carbocycles. The van der Waals surface area contributed by atoms with Crippen molar-refractivity contribution < 1.29 is 5.11 Å². The lowest BCUT2D eigenvalue weighted by atomic mass is 9.97. The van der Waals surface area contributed by atoms with Gasteiger partial charge in [-0.05, 0) is 28.4 Å². The summed E-state index contributed by atoms with van der Waals surface area (Å²) in [5.41, 5.74) is 2.64. The summed E-state index contributed by atoms with van der Waals surface area (Å²) in [5, 5.41) is 15.1. The summed E-state index contributed by atoms with van der Waals surface area (Å²) in [4.78, 5) is 21.5. The molecular weight excluding hydrogens is 244 g/mol. The Morgan fingerprint density at radius 2 is 1.79 bits per heavy atom. The van der Waals surface area contributed by atoms with E-state index < -0.39 is 0 Å². The Balaban J connectivity index is 2.67. The molecule has 96 valence electrons. The summed E-state index contributed by atoms with van der Waals surface area (Å²) in [7, 11) is 0. The highest BCUT2D eigenvalue weighted by Gasteiger charge is 2.13. The molecule has 0 saturated carbocycles. The second-order valence-electron chi connectivity index (χ2n) is 4.05. The predicted octanol–water partition coefficient (Wildman–Crippen LogP) is 3.51. The number of aliphatic hydroxyl groups excluding tert-OH is 1. The van der Waals surface area contributed by atoms with Crippen LogP contribution in [0.4, 0.5) is 5.69 Å². The van der Waals surface area contributed by atoms with Crippen molar-refractivity contribution in [2.45, 2.75) is 13.2 Å². The molecule has 2 aromatic carbocycles. The Labute approximate surface area is 109 Å². The first kappa shape index (κ1) is 13.0. The fourth-order valence-corrected chi connectivity index (χ4v) is 1.99. The molecular formula is C14H12N2O3. The van der Waals surface area contributed by atoms with Gasteiger partial charge in [0.1, 0.15) is 12.2 Å². The van der Waals surface area contributed by atoms with Crippen molar-refractivity contribution in [3.63, 3.8) is 0 Å². The summed E-state index contributed by atoms with van der Waals surface area (Å²) in [6.07, 6.45) is 0. The van der Waals surface area contributed by atoms with E-state index in [1.807, 2.05) is 30.3 Å². The second kappa shape index (κ2) is 5.97. The minimum atomic E-state index is -0.176. The molecule has 5 heteroatoms. The second-order valence-corrected chi connectivity index (χ2v) is 4.05. The van der Waals surface area contributed by atoms with Gasteiger partial charge in [0.15, 0.2) is 0 Å². The SMILES string of the molecule is O=NCc1cc(CO)cc(-c2ccccc2)c1N=O. The maximum absolute atomic E-state index is 11.0. The number of nitrogens with zero attached hydrogens (tertiary/aromatic N) is 2. The molecule has 0 saturated heterocycles. The number of hydrogen-bond acceptors (Lipinski definition) is 5. The topological polar surface area (TPSA) is 79.1 Å². The van der Waals surface area contributed by atoms with Crippen molar-refractivity contribution >= 4 is 5.69 Å². The molecule has 1 N–H and O–H groups in total. The maximum atomic E-state index is 11.0. The lowest BCUT2D eigenvalue weighted by molar-refractivity contribution is 0.282. The zero-order chi connectivity index (χ0) is 13.7. The van der Waals surface area contributed by atoms with Gasteiger partial charge in [0, 0.05) is 11.1 Å². The third-order valence-electron chi connectivity index (χ3n) is 2.84. The molecule has 0 atom stereocenters. The summed E-state index contributed by atoms with van der Waals surface area (Å²) < 4.78 is 0. The highest BCUT2D eigenvalue weighted by Crippen LogP contribution is 2.35. The smallest absolute Gasteiger partial charge is 0.121 e. The minimum absolute atomic E-state index is 0.144. The van der Waals surface area contributed by atoms with E-state index in [9.17, 15) is 14.9 Å².